The molecule has 118 valence electrons. The van der Waals surface area contributed by atoms with Gasteiger partial charge in [0.1, 0.15) is 5.82 Å². The Labute approximate surface area is 132 Å². The molecule has 0 aliphatic rings. The lowest BCUT2D eigenvalue weighted by atomic mass is 10.2. The molecule has 0 amide bonds. The highest BCUT2D eigenvalue weighted by molar-refractivity contribution is 5.62. The van der Waals surface area contributed by atoms with Crippen LogP contribution in [-0.4, -0.2) is 19.7 Å². The Hall–Kier alpha value is -3.00. The Morgan fingerprint density at radius 3 is 2.74 bits per heavy atom. The lowest BCUT2D eigenvalue weighted by molar-refractivity contribution is 0.628. The smallest absolute Gasteiger partial charge is 0.231 e. The average molecular weight is 313 g/mol. The molecule has 7 nitrogen and oxygen atoms in total. The number of nitrogen functional groups attached to an aromatic ring is 1. The molecule has 0 unspecified atom stereocenters. The Kier molecular flexibility index (Phi) is 3.90. The zero-order chi connectivity index (χ0) is 16.4. The molecule has 0 aliphatic carbocycles. The van der Waals surface area contributed by atoms with Gasteiger partial charge < -0.3 is 10.7 Å². The van der Waals surface area contributed by atoms with E-state index in [1.807, 2.05) is 13.8 Å². The van der Waals surface area contributed by atoms with Crippen molar-refractivity contribution in [2.75, 3.05) is 10.7 Å². The van der Waals surface area contributed by atoms with Gasteiger partial charge in [-0.2, -0.15) is 15.1 Å². The topological polar surface area (TPSA) is 93.7 Å². The molecular formula is C15H16FN7. The highest BCUT2D eigenvalue weighted by atomic mass is 19.1. The van der Waals surface area contributed by atoms with Gasteiger partial charge in [0.05, 0.1) is 0 Å². The van der Waals surface area contributed by atoms with E-state index in [-0.39, 0.29) is 5.82 Å². The summed E-state index contributed by atoms with van der Waals surface area (Å²) in [4.78, 5) is 8.76. The SMILES string of the molecule is Cc1ccc(F)cc1Nc1nc(NN)c(C)c(-n2cccn2)n1. The van der Waals surface area contributed by atoms with Crippen molar-refractivity contribution in [3.05, 3.63) is 53.6 Å². The minimum atomic E-state index is -0.338. The zero-order valence-corrected chi connectivity index (χ0v) is 12.7. The van der Waals surface area contributed by atoms with E-state index in [2.05, 4.69) is 25.8 Å². The minimum absolute atomic E-state index is 0.294. The van der Waals surface area contributed by atoms with E-state index in [4.69, 9.17) is 5.84 Å². The number of benzene rings is 1. The van der Waals surface area contributed by atoms with E-state index < -0.39 is 0 Å². The summed E-state index contributed by atoms with van der Waals surface area (Å²) in [5, 5.41) is 7.19. The second-order valence-electron chi connectivity index (χ2n) is 5.02. The van der Waals surface area contributed by atoms with E-state index >= 15 is 0 Å². The third-order valence-corrected chi connectivity index (χ3v) is 3.42. The van der Waals surface area contributed by atoms with Crippen molar-refractivity contribution in [2.24, 2.45) is 5.84 Å². The third-order valence-electron chi connectivity index (χ3n) is 3.42. The molecule has 8 heteroatoms. The van der Waals surface area contributed by atoms with Crippen molar-refractivity contribution >= 4 is 17.5 Å². The number of anilines is 3. The van der Waals surface area contributed by atoms with Crippen LogP contribution in [0.1, 0.15) is 11.1 Å². The second-order valence-corrected chi connectivity index (χ2v) is 5.02. The molecule has 0 spiro atoms. The number of nitrogens with two attached hydrogens (primary N) is 1. The number of hydrazine groups is 1. The summed E-state index contributed by atoms with van der Waals surface area (Å²) in [5.41, 5.74) is 4.75. The number of hydrogen-bond donors (Lipinski definition) is 3. The van der Waals surface area contributed by atoms with Crippen LogP contribution in [0.3, 0.4) is 0 Å². The summed E-state index contributed by atoms with van der Waals surface area (Å²) in [6, 6.07) is 6.27. The van der Waals surface area contributed by atoms with Gasteiger partial charge in [-0.25, -0.2) is 14.9 Å². The minimum Gasteiger partial charge on any atom is -0.324 e. The molecule has 0 saturated carbocycles. The number of aromatic nitrogens is 4. The highest BCUT2D eigenvalue weighted by Gasteiger charge is 2.13. The summed E-state index contributed by atoms with van der Waals surface area (Å²) >= 11 is 0. The summed E-state index contributed by atoms with van der Waals surface area (Å²) in [5.74, 6) is 6.53. The summed E-state index contributed by atoms with van der Waals surface area (Å²) < 4.78 is 15.0. The van der Waals surface area contributed by atoms with Gasteiger partial charge in [0, 0.05) is 23.6 Å². The van der Waals surface area contributed by atoms with E-state index in [0.29, 0.717) is 23.3 Å². The largest absolute Gasteiger partial charge is 0.324 e. The Bertz CT molecular complexity index is 830. The fourth-order valence-electron chi connectivity index (χ4n) is 2.17. The van der Waals surface area contributed by atoms with Gasteiger partial charge >= 0.3 is 0 Å². The van der Waals surface area contributed by atoms with Crippen molar-refractivity contribution in [3.63, 3.8) is 0 Å². The maximum atomic E-state index is 13.4. The first kappa shape index (κ1) is 14.9. The molecule has 0 bridgehead atoms. The van der Waals surface area contributed by atoms with Gasteiger partial charge in [-0.1, -0.05) is 6.07 Å². The van der Waals surface area contributed by atoms with Gasteiger partial charge in [-0.15, -0.1) is 0 Å². The van der Waals surface area contributed by atoms with Crippen LogP contribution < -0.4 is 16.6 Å². The van der Waals surface area contributed by atoms with Gasteiger partial charge in [-0.05, 0) is 37.6 Å². The zero-order valence-electron chi connectivity index (χ0n) is 12.7. The van der Waals surface area contributed by atoms with Crippen LogP contribution >= 0.6 is 0 Å². The summed E-state index contributed by atoms with van der Waals surface area (Å²) in [7, 11) is 0. The first-order chi connectivity index (χ1) is 11.1. The number of rotatable bonds is 4. The van der Waals surface area contributed by atoms with Crippen LogP contribution in [0.15, 0.2) is 36.7 Å². The van der Waals surface area contributed by atoms with Crippen LogP contribution in [-0.2, 0) is 0 Å². The lowest BCUT2D eigenvalue weighted by Gasteiger charge is -2.14. The third kappa shape index (κ3) is 2.97. The first-order valence-corrected chi connectivity index (χ1v) is 6.97. The molecule has 0 saturated heterocycles. The number of nitrogens with one attached hydrogen (secondary N) is 2. The lowest BCUT2D eigenvalue weighted by Crippen LogP contribution is -2.15. The van der Waals surface area contributed by atoms with Crippen molar-refractivity contribution in [3.8, 4) is 5.82 Å². The van der Waals surface area contributed by atoms with Gasteiger partial charge in [0.15, 0.2) is 11.6 Å². The van der Waals surface area contributed by atoms with E-state index in [0.717, 1.165) is 11.1 Å². The number of aryl methyl sites for hydroxylation is 1. The number of hydrogen-bond acceptors (Lipinski definition) is 6. The first-order valence-electron chi connectivity index (χ1n) is 6.97. The van der Waals surface area contributed by atoms with Crippen molar-refractivity contribution < 1.29 is 4.39 Å². The molecule has 0 aliphatic heterocycles. The highest BCUT2D eigenvalue weighted by Crippen LogP contribution is 2.24. The Morgan fingerprint density at radius 1 is 1.22 bits per heavy atom. The molecule has 0 atom stereocenters. The molecular weight excluding hydrogens is 297 g/mol. The monoisotopic (exact) mass is 313 g/mol. The van der Waals surface area contributed by atoms with Crippen LogP contribution in [0.2, 0.25) is 0 Å². The summed E-state index contributed by atoms with van der Waals surface area (Å²) in [6.07, 6.45) is 3.42. The van der Waals surface area contributed by atoms with Gasteiger partial charge in [0.2, 0.25) is 5.95 Å². The second kappa shape index (κ2) is 6.01. The molecule has 0 radical (unpaired) electrons. The fourth-order valence-corrected chi connectivity index (χ4v) is 2.17. The molecule has 0 fully saturated rings. The van der Waals surface area contributed by atoms with Crippen LogP contribution in [0.25, 0.3) is 5.82 Å². The number of halogens is 1. The normalized spacial score (nSPS) is 10.6. The molecule has 3 aromatic rings. The van der Waals surface area contributed by atoms with Gasteiger partial charge in [0.25, 0.3) is 0 Å². The molecule has 4 N–H and O–H groups in total. The average Bonchev–Trinajstić information content (AvgIpc) is 3.06. The van der Waals surface area contributed by atoms with Crippen LogP contribution in [0.5, 0.6) is 0 Å². The van der Waals surface area contributed by atoms with Crippen LogP contribution in [0, 0.1) is 19.7 Å². The predicted molar refractivity (Wildman–Crippen MR) is 86.1 cm³/mol. The molecule has 1 aromatic carbocycles. The molecule has 2 heterocycles. The Balaban J connectivity index is 2.06. The molecule has 3 rings (SSSR count). The standard InChI is InChI=1S/C15H16FN7/c1-9-4-5-11(16)8-12(9)19-15-20-13(22-17)10(2)14(21-15)23-7-3-6-18-23/h3-8H,17H2,1-2H3,(H2,19,20,21,22). The quantitative estimate of drug-likeness (QED) is 0.506. The molecule has 2 aromatic heterocycles. The maximum Gasteiger partial charge on any atom is 0.231 e. The van der Waals surface area contributed by atoms with Crippen molar-refractivity contribution in [1.82, 2.24) is 19.7 Å². The Morgan fingerprint density at radius 2 is 2.04 bits per heavy atom. The van der Waals surface area contributed by atoms with Gasteiger partial charge in [-0.3, -0.25) is 0 Å². The van der Waals surface area contributed by atoms with Crippen LogP contribution in [0.4, 0.5) is 21.8 Å². The van der Waals surface area contributed by atoms with E-state index in [9.17, 15) is 4.39 Å². The van der Waals surface area contributed by atoms with E-state index in [1.165, 1.54) is 12.1 Å². The van der Waals surface area contributed by atoms with Crippen molar-refractivity contribution in [2.45, 2.75) is 13.8 Å². The van der Waals surface area contributed by atoms with E-state index in [1.54, 1.807) is 29.2 Å². The maximum absolute atomic E-state index is 13.4. The molecule has 23 heavy (non-hydrogen) atoms. The summed E-state index contributed by atoms with van der Waals surface area (Å²) in [6.45, 7) is 3.70. The fraction of sp³-hybridized carbons (Fsp3) is 0.133. The predicted octanol–water partition coefficient (Wildman–Crippen LogP) is 2.45. The number of nitrogens with zero attached hydrogens (tertiary/aromatic N) is 4. The van der Waals surface area contributed by atoms with Crippen molar-refractivity contribution in [1.29, 1.82) is 0 Å².